The van der Waals surface area contributed by atoms with Gasteiger partial charge in [0.2, 0.25) is 0 Å². The Morgan fingerprint density at radius 1 is 1.06 bits per heavy atom. The highest BCUT2D eigenvalue weighted by molar-refractivity contribution is 9.10. The summed E-state index contributed by atoms with van der Waals surface area (Å²) in [6.07, 6.45) is 0. The van der Waals surface area contributed by atoms with Gasteiger partial charge in [-0.05, 0) is 89.7 Å². The standard InChI is InChI=1S/C22H20BrN3O4S2/c1-2-26(17-6-4-3-5-7-17)32(29,30)18-11-9-16(10-12-18)24-22(31)25-21(28)15-8-13-20(27)19(23)14-15/h3-14,27H,2H2,1H3,(H2,24,25,28,31). The Kier molecular flexibility index (Phi) is 7.49. The summed E-state index contributed by atoms with van der Waals surface area (Å²) < 4.78 is 27.8. The van der Waals surface area contributed by atoms with Crippen molar-refractivity contribution in [2.24, 2.45) is 0 Å². The minimum Gasteiger partial charge on any atom is -0.507 e. The van der Waals surface area contributed by atoms with Crippen LogP contribution in [0.2, 0.25) is 0 Å². The van der Waals surface area contributed by atoms with Crippen LogP contribution in [0.5, 0.6) is 5.75 Å². The summed E-state index contributed by atoms with van der Waals surface area (Å²) >= 11 is 8.33. The maximum atomic E-state index is 13.1. The number of nitrogens with one attached hydrogen (secondary N) is 2. The Labute approximate surface area is 200 Å². The quantitative estimate of drug-likeness (QED) is 0.403. The van der Waals surface area contributed by atoms with Crippen LogP contribution in [0, 0.1) is 0 Å². The number of hydrogen-bond donors (Lipinski definition) is 3. The van der Waals surface area contributed by atoms with Crippen molar-refractivity contribution < 1.29 is 18.3 Å². The number of carbonyl (C=O) groups is 1. The Balaban J connectivity index is 1.69. The third-order valence-electron chi connectivity index (χ3n) is 4.47. The number of anilines is 2. The van der Waals surface area contributed by atoms with Crippen molar-refractivity contribution in [2.75, 3.05) is 16.2 Å². The van der Waals surface area contributed by atoms with Crippen molar-refractivity contribution in [3.8, 4) is 5.75 Å². The summed E-state index contributed by atoms with van der Waals surface area (Å²) in [5, 5.41) is 15.0. The van der Waals surface area contributed by atoms with Crippen molar-refractivity contribution in [3.05, 3.63) is 82.8 Å². The lowest BCUT2D eigenvalue weighted by Crippen LogP contribution is -2.34. The smallest absolute Gasteiger partial charge is 0.264 e. The van der Waals surface area contributed by atoms with E-state index in [1.54, 1.807) is 43.3 Å². The number of aromatic hydroxyl groups is 1. The number of hydrogen-bond acceptors (Lipinski definition) is 5. The molecule has 0 heterocycles. The second-order valence-corrected chi connectivity index (χ2v) is 9.73. The van der Waals surface area contributed by atoms with E-state index in [9.17, 15) is 18.3 Å². The van der Waals surface area contributed by atoms with Crippen LogP contribution < -0.4 is 14.9 Å². The van der Waals surface area contributed by atoms with Crippen LogP contribution in [0.1, 0.15) is 17.3 Å². The summed E-state index contributed by atoms with van der Waals surface area (Å²) in [6, 6.07) is 19.3. The molecular weight excluding hydrogens is 514 g/mol. The zero-order chi connectivity index (χ0) is 23.3. The highest BCUT2D eigenvalue weighted by Gasteiger charge is 2.23. The fourth-order valence-corrected chi connectivity index (χ4v) is 4.97. The van der Waals surface area contributed by atoms with Crippen LogP contribution in [0.15, 0.2) is 82.2 Å². The second kappa shape index (κ2) is 10.1. The molecule has 3 N–H and O–H groups in total. The average Bonchev–Trinajstić information content (AvgIpc) is 2.77. The number of para-hydroxylation sites is 1. The van der Waals surface area contributed by atoms with Crippen molar-refractivity contribution in [3.63, 3.8) is 0 Å². The molecule has 7 nitrogen and oxygen atoms in total. The number of rotatable bonds is 6. The van der Waals surface area contributed by atoms with Gasteiger partial charge in [-0.15, -0.1) is 0 Å². The molecule has 3 aromatic carbocycles. The minimum atomic E-state index is -3.73. The molecule has 0 saturated heterocycles. The van der Waals surface area contributed by atoms with Gasteiger partial charge in [0.25, 0.3) is 15.9 Å². The molecule has 0 bridgehead atoms. The predicted molar refractivity (Wildman–Crippen MR) is 133 cm³/mol. The highest BCUT2D eigenvalue weighted by atomic mass is 79.9. The number of benzene rings is 3. The normalized spacial score (nSPS) is 10.9. The largest absolute Gasteiger partial charge is 0.507 e. The number of carbonyl (C=O) groups excluding carboxylic acids is 1. The number of thiocarbonyl (C=S) groups is 1. The topological polar surface area (TPSA) is 98.7 Å². The molecule has 0 aromatic heterocycles. The molecule has 0 fully saturated rings. The van der Waals surface area contributed by atoms with Gasteiger partial charge in [-0.25, -0.2) is 8.42 Å². The molecule has 0 unspecified atom stereocenters. The fraction of sp³-hybridized carbons (Fsp3) is 0.0909. The van der Waals surface area contributed by atoms with Crippen LogP contribution in [0.25, 0.3) is 0 Å². The molecule has 3 aromatic rings. The van der Waals surface area contributed by atoms with E-state index in [1.807, 2.05) is 6.07 Å². The number of nitrogens with zero attached hydrogens (tertiary/aromatic N) is 1. The van der Waals surface area contributed by atoms with Crippen molar-refractivity contribution in [1.82, 2.24) is 5.32 Å². The van der Waals surface area contributed by atoms with Crippen LogP contribution in [-0.4, -0.2) is 31.1 Å². The average molecular weight is 534 g/mol. The number of halogens is 1. The lowest BCUT2D eigenvalue weighted by molar-refractivity contribution is 0.0977. The van der Waals surface area contributed by atoms with Crippen molar-refractivity contribution in [1.29, 1.82) is 0 Å². The van der Waals surface area contributed by atoms with Gasteiger partial charge in [0, 0.05) is 17.8 Å². The molecule has 1 amide bonds. The SMILES string of the molecule is CCN(c1ccccc1)S(=O)(=O)c1ccc(NC(=S)NC(=O)c2ccc(O)c(Br)c2)cc1. The monoisotopic (exact) mass is 533 g/mol. The van der Waals surface area contributed by atoms with Crippen molar-refractivity contribution >= 4 is 60.6 Å². The van der Waals surface area contributed by atoms with E-state index in [0.29, 0.717) is 21.4 Å². The molecule has 0 aliphatic rings. The first-order valence-corrected chi connectivity index (χ1v) is 12.1. The van der Waals surface area contributed by atoms with Gasteiger partial charge in [0.05, 0.1) is 15.1 Å². The van der Waals surface area contributed by atoms with Crippen LogP contribution in [0.4, 0.5) is 11.4 Å². The third-order valence-corrected chi connectivity index (χ3v) is 7.22. The minimum absolute atomic E-state index is 0.0196. The van der Waals surface area contributed by atoms with Crippen LogP contribution in [-0.2, 0) is 10.0 Å². The Morgan fingerprint density at radius 3 is 2.31 bits per heavy atom. The third kappa shape index (κ3) is 5.45. The van der Waals surface area contributed by atoms with Gasteiger partial charge in [-0.3, -0.25) is 14.4 Å². The summed E-state index contributed by atoms with van der Waals surface area (Å²) in [6.45, 7) is 2.06. The van der Waals surface area contributed by atoms with Crippen molar-refractivity contribution in [2.45, 2.75) is 11.8 Å². The van der Waals surface area contributed by atoms with E-state index in [0.717, 1.165) is 0 Å². The maximum absolute atomic E-state index is 13.1. The molecule has 0 saturated carbocycles. The van der Waals surface area contributed by atoms with E-state index < -0.39 is 15.9 Å². The van der Waals surface area contributed by atoms with Gasteiger partial charge >= 0.3 is 0 Å². The Hall–Kier alpha value is -2.95. The molecule has 0 spiro atoms. The molecule has 0 aliphatic heterocycles. The zero-order valence-electron chi connectivity index (χ0n) is 16.9. The molecule has 166 valence electrons. The summed E-state index contributed by atoms with van der Waals surface area (Å²) in [7, 11) is -3.73. The molecule has 32 heavy (non-hydrogen) atoms. The fourth-order valence-electron chi connectivity index (χ4n) is 2.91. The lowest BCUT2D eigenvalue weighted by atomic mass is 10.2. The van der Waals surface area contributed by atoms with E-state index in [4.69, 9.17) is 12.2 Å². The highest BCUT2D eigenvalue weighted by Crippen LogP contribution is 2.25. The van der Waals surface area contributed by atoms with E-state index in [2.05, 4.69) is 26.6 Å². The molecule has 10 heteroatoms. The van der Waals surface area contributed by atoms with Crippen LogP contribution in [0.3, 0.4) is 0 Å². The van der Waals surface area contributed by atoms with Gasteiger partial charge < -0.3 is 10.4 Å². The first-order chi connectivity index (χ1) is 15.2. The van der Waals surface area contributed by atoms with Gasteiger partial charge in [0.15, 0.2) is 5.11 Å². The first-order valence-electron chi connectivity index (χ1n) is 9.51. The number of sulfonamides is 1. The Morgan fingerprint density at radius 2 is 1.72 bits per heavy atom. The van der Waals surface area contributed by atoms with Crippen LogP contribution >= 0.6 is 28.1 Å². The Bertz CT molecular complexity index is 1230. The maximum Gasteiger partial charge on any atom is 0.264 e. The molecule has 0 atom stereocenters. The second-order valence-electron chi connectivity index (χ2n) is 6.60. The molecule has 3 rings (SSSR count). The zero-order valence-corrected chi connectivity index (χ0v) is 20.2. The van der Waals surface area contributed by atoms with E-state index in [1.165, 1.54) is 34.6 Å². The van der Waals surface area contributed by atoms with E-state index in [-0.39, 0.29) is 22.3 Å². The van der Waals surface area contributed by atoms with Gasteiger partial charge in [-0.2, -0.15) is 0 Å². The van der Waals surface area contributed by atoms with Gasteiger partial charge in [0.1, 0.15) is 5.75 Å². The molecule has 0 aliphatic carbocycles. The number of phenols is 1. The predicted octanol–water partition coefficient (Wildman–Crippen LogP) is 4.50. The van der Waals surface area contributed by atoms with E-state index >= 15 is 0 Å². The number of phenolic OH excluding ortho intramolecular Hbond substituents is 1. The molecular formula is C22H20BrN3O4S2. The first kappa shape index (κ1) is 23.7. The lowest BCUT2D eigenvalue weighted by Gasteiger charge is -2.23. The molecule has 0 radical (unpaired) electrons. The summed E-state index contributed by atoms with van der Waals surface area (Å²) in [5.41, 5.74) is 1.41. The number of amides is 1. The summed E-state index contributed by atoms with van der Waals surface area (Å²) in [4.78, 5) is 12.4. The van der Waals surface area contributed by atoms with Gasteiger partial charge in [-0.1, -0.05) is 18.2 Å². The summed E-state index contributed by atoms with van der Waals surface area (Å²) in [5.74, 6) is -0.435.